The van der Waals surface area contributed by atoms with E-state index in [4.69, 9.17) is 34.8 Å². The van der Waals surface area contributed by atoms with E-state index in [1.807, 2.05) is 37.3 Å². The molecule has 0 bridgehead atoms. The van der Waals surface area contributed by atoms with Crippen LogP contribution in [0.5, 0.6) is 0 Å². The van der Waals surface area contributed by atoms with Gasteiger partial charge in [0.25, 0.3) is 0 Å². The normalized spacial score (nSPS) is 4.79. The van der Waals surface area contributed by atoms with Crippen molar-refractivity contribution in [2.75, 3.05) is 0 Å². The van der Waals surface area contributed by atoms with Gasteiger partial charge >= 0.3 is 84.9 Å². The Balaban J connectivity index is -0.0000000263. The summed E-state index contributed by atoms with van der Waals surface area (Å²) in [5.74, 6) is 1.11. The zero-order valence-electron chi connectivity index (χ0n) is 12.2. The van der Waals surface area contributed by atoms with Gasteiger partial charge in [0, 0.05) is 17.1 Å². The molecule has 0 N–H and O–H groups in total. The molecule has 3 radical (unpaired) electrons. The largest absolute Gasteiger partial charge is 2.00 e. The molecule has 0 amide bonds. The summed E-state index contributed by atoms with van der Waals surface area (Å²) in [4.78, 5) is 0. The molecule has 24 heavy (non-hydrogen) atoms. The van der Waals surface area contributed by atoms with E-state index < -0.39 is 0 Å². The monoisotopic (exact) mass is 410 g/mol. The zero-order valence-corrected chi connectivity index (χ0v) is 14.4. The molecule has 6 nitrogen and oxygen atoms in total. The summed E-state index contributed by atoms with van der Waals surface area (Å²) in [5, 5.41) is 0. The fourth-order valence-electron chi connectivity index (χ4n) is 0.797. The predicted molar refractivity (Wildman–Crippen MR) is 66.6 cm³/mol. The van der Waals surface area contributed by atoms with Gasteiger partial charge in [-0.2, -0.15) is 0 Å². The number of rotatable bonds is 2. The minimum absolute atomic E-state index is 0. The van der Waals surface area contributed by atoms with Crippen LogP contribution in [0, 0.1) is 59.2 Å². The van der Waals surface area contributed by atoms with Gasteiger partial charge in [0.15, 0.2) is 0 Å². The number of hydrogen-bond acceptors (Lipinski definition) is 0. The molecule has 0 aromatic heterocycles. The SMILES string of the molecule is [C-]#[O+].[C-]#[O+].[C-]#[O+].[C-]#[O+].[C-]#[O+].[C-]#[O+].[CH-][CH][C](C)c1ccccc1.[Fe+2].[Fe]. The van der Waals surface area contributed by atoms with E-state index in [0.29, 0.717) is 0 Å². The zero-order chi connectivity index (χ0) is 19.4. The molecule has 0 aliphatic rings. The van der Waals surface area contributed by atoms with Crippen LogP contribution in [0.4, 0.5) is 0 Å². The molecule has 1 aromatic rings. The van der Waals surface area contributed by atoms with Crippen molar-refractivity contribution < 1.29 is 62.1 Å². The Kier molecular flexibility index (Phi) is 167. The molecule has 0 aliphatic carbocycles. The van der Waals surface area contributed by atoms with Crippen molar-refractivity contribution in [1.29, 1.82) is 0 Å². The van der Waals surface area contributed by atoms with Crippen molar-refractivity contribution in [3.8, 4) is 0 Å². The summed E-state index contributed by atoms with van der Waals surface area (Å²) >= 11 is 0. The molecule has 0 saturated heterocycles. The molecule has 0 atom stereocenters. The van der Waals surface area contributed by atoms with Crippen molar-refractivity contribution in [3.05, 3.63) is 95.1 Å². The molecule has 0 heterocycles. The average Bonchev–Trinajstić information content (AvgIpc) is 2.71. The predicted octanol–water partition coefficient (Wildman–Crippen LogP) is 2.31. The number of hydrogen-bond donors (Lipinski definition) is 0. The van der Waals surface area contributed by atoms with Gasteiger partial charge in [-0.05, 0) is 11.5 Å². The molecule has 1 aromatic carbocycles. The van der Waals surface area contributed by atoms with E-state index >= 15 is 0 Å². The average molecular weight is 410 g/mol. The van der Waals surface area contributed by atoms with Gasteiger partial charge in [-0.25, -0.2) is 6.42 Å². The molecule has 0 unspecified atom stereocenters. The second-order valence-electron chi connectivity index (χ2n) is 2.22. The van der Waals surface area contributed by atoms with E-state index in [9.17, 15) is 0 Å². The van der Waals surface area contributed by atoms with Crippen LogP contribution < -0.4 is 0 Å². The maximum absolute atomic E-state index is 7.50. The molecular formula is C16H10Fe2O6+. The molecule has 0 saturated carbocycles. The quantitative estimate of drug-likeness (QED) is 0.404. The Hall–Kier alpha value is -1.30. The smallest absolute Gasteiger partial charge is 0.493 e. The van der Waals surface area contributed by atoms with Gasteiger partial charge in [-0.3, -0.25) is 0 Å². The summed E-state index contributed by atoms with van der Waals surface area (Å²) in [6.45, 7) is 34.3. The third-order valence-corrected chi connectivity index (χ3v) is 1.48. The minimum atomic E-state index is 0. The van der Waals surface area contributed by atoms with Crippen molar-refractivity contribution in [2.24, 2.45) is 0 Å². The van der Waals surface area contributed by atoms with Crippen LogP contribution in [0.2, 0.25) is 0 Å². The topological polar surface area (TPSA) is 119 Å². The van der Waals surface area contributed by atoms with Crippen LogP contribution in [0.3, 0.4) is 0 Å². The summed E-state index contributed by atoms with van der Waals surface area (Å²) in [7, 11) is 0. The molecule has 0 fully saturated rings. The van der Waals surface area contributed by atoms with Gasteiger partial charge < -0.3 is 6.92 Å². The fourth-order valence-corrected chi connectivity index (χ4v) is 0.797. The molecule has 0 spiro atoms. The van der Waals surface area contributed by atoms with E-state index in [1.165, 1.54) is 5.56 Å². The van der Waals surface area contributed by atoms with Crippen LogP contribution >= 0.6 is 0 Å². The summed E-state index contributed by atoms with van der Waals surface area (Å²) in [6.07, 6.45) is 1.62. The first kappa shape index (κ1) is 49.5. The van der Waals surface area contributed by atoms with Crippen molar-refractivity contribution in [3.63, 3.8) is 0 Å². The van der Waals surface area contributed by atoms with Crippen LogP contribution in [0.25, 0.3) is 0 Å². The summed E-state index contributed by atoms with van der Waals surface area (Å²) in [6, 6.07) is 10.1. The van der Waals surface area contributed by atoms with E-state index in [1.54, 1.807) is 6.42 Å². The second kappa shape index (κ2) is 81.2. The minimum Gasteiger partial charge on any atom is -0.493 e. The van der Waals surface area contributed by atoms with Crippen molar-refractivity contribution in [1.82, 2.24) is 0 Å². The first-order valence-electron chi connectivity index (χ1n) is 4.51. The number of benzene rings is 1. The molecule has 8 heteroatoms. The fraction of sp³-hybridized carbons (Fsp3) is 0.0625. The molecular weight excluding hydrogens is 400 g/mol. The van der Waals surface area contributed by atoms with Crippen LogP contribution in [-0.2, 0) is 62.1 Å². The Morgan fingerprint density at radius 2 is 1.00 bits per heavy atom. The van der Waals surface area contributed by atoms with Crippen LogP contribution in [-0.4, -0.2) is 0 Å². The standard InChI is InChI=1S/C10H10.6CO.2Fe/c1-3-9(2)10-7-5-4-6-8-10;6*1-2;;/h1,3-8H,2H3;;;;;;;;/q-1;;;;;;;;+2. The second-order valence-corrected chi connectivity index (χ2v) is 2.22. The van der Waals surface area contributed by atoms with Gasteiger partial charge in [0.05, 0.1) is 0 Å². The Morgan fingerprint density at radius 1 is 0.750 bits per heavy atom. The summed E-state index contributed by atoms with van der Waals surface area (Å²) in [5.41, 5.74) is 1.19. The van der Waals surface area contributed by atoms with Crippen molar-refractivity contribution >= 4 is 0 Å². The maximum Gasteiger partial charge on any atom is 2.00 e. The van der Waals surface area contributed by atoms with E-state index in [-0.39, 0.29) is 34.1 Å². The summed E-state index contributed by atoms with van der Waals surface area (Å²) < 4.78 is 45.0. The first-order valence-corrected chi connectivity index (χ1v) is 4.51. The van der Waals surface area contributed by atoms with Gasteiger partial charge in [-0.15, -0.1) is 0 Å². The van der Waals surface area contributed by atoms with Gasteiger partial charge in [0.2, 0.25) is 0 Å². The molecule has 125 valence electrons. The Bertz CT molecular complexity index is 361. The van der Waals surface area contributed by atoms with Crippen molar-refractivity contribution in [2.45, 2.75) is 6.92 Å². The Labute approximate surface area is 164 Å². The Morgan fingerprint density at radius 3 is 1.21 bits per heavy atom. The van der Waals surface area contributed by atoms with Crippen LogP contribution in [0.1, 0.15) is 12.5 Å². The van der Waals surface area contributed by atoms with Crippen LogP contribution in [0.15, 0.2) is 30.3 Å². The third-order valence-electron chi connectivity index (χ3n) is 1.48. The molecule has 1 rings (SSSR count). The third kappa shape index (κ3) is 49.8. The van der Waals surface area contributed by atoms with Gasteiger partial charge in [-0.1, -0.05) is 37.3 Å². The molecule has 0 aliphatic heterocycles. The van der Waals surface area contributed by atoms with E-state index in [2.05, 4.69) is 39.9 Å². The van der Waals surface area contributed by atoms with Gasteiger partial charge in [0.1, 0.15) is 0 Å². The van der Waals surface area contributed by atoms with E-state index in [0.717, 1.165) is 5.92 Å². The maximum atomic E-state index is 7.50. The first-order chi connectivity index (χ1) is 10.8.